The minimum absolute atomic E-state index is 0.181. The van der Waals surface area contributed by atoms with Gasteiger partial charge < -0.3 is 5.32 Å². The lowest BCUT2D eigenvalue weighted by Gasteiger charge is -2.52. The third-order valence-corrected chi connectivity index (χ3v) is 5.11. The summed E-state index contributed by atoms with van der Waals surface area (Å²) in [5.41, 5.74) is 0.301. The smallest absolute Gasteiger partial charge is 0.102 e. The third kappa shape index (κ3) is 2.37. The molecule has 1 aliphatic heterocycles. The van der Waals surface area contributed by atoms with E-state index in [1.165, 1.54) is 44.9 Å². The Morgan fingerprint density at radius 3 is 2.59 bits per heavy atom. The van der Waals surface area contributed by atoms with E-state index in [1.54, 1.807) is 0 Å². The largest absolute Gasteiger partial charge is 0.311 e. The molecule has 1 heterocycles. The number of rotatable bonds is 3. The van der Waals surface area contributed by atoms with Gasteiger partial charge in [0.05, 0.1) is 0 Å². The molecule has 0 amide bonds. The van der Waals surface area contributed by atoms with Crippen LogP contribution in [0.2, 0.25) is 0 Å². The Morgan fingerprint density at radius 1 is 1.18 bits per heavy atom. The van der Waals surface area contributed by atoms with E-state index in [0.29, 0.717) is 18.1 Å². The molecule has 2 saturated carbocycles. The molecule has 3 rings (SSSR count). The molecule has 2 nitrogen and oxygen atoms in total. The van der Waals surface area contributed by atoms with Crippen LogP contribution in [0.15, 0.2) is 0 Å². The van der Waals surface area contributed by atoms with Crippen LogP contribution in [-0.4, -0.2) is 42.8 Å². The van der Waals surface area contributed by atoms with Gasteiger partial charge in [-0.3, -0.25) is 4.90 Å². The molecule has 2 aliphatic carbocycles. The Kier molecular flexibility index (Phi) is 3.40. The second kappa shape index (κ2) is 4.85. The summed E-state index contributed by atoms with van der Waals surface area (Å²) in [5.74, 6) is 0.887. The topological polar surface area (TPSA) is 15.3 Å². The van der Waals surface area contributed by atoms with Crippen LogP contribution >= 0.6 is 0 Å². The van der Waals surface area contributed by atoms with E-state index in [2.05, 4.69) is 10.2 Å². The van der Waals surface area contributed by atoms with Crippen molar-refractivity contribution in [1.82, 2.24) is 10.2 Å². The monoisotopic (exact) mass is 240 g/mol. The van der Waals surface area contributed by atoms with Crippen molar-refractivity contribution in [2.75, 3.05) is 26.3 Å². The predicted molar refractivity (Wildman–Crippen MR) is 67.9 cm³/mol. The van der Waals surface area contributed by atoms with Gasteiger partial charge >= 0.3 is 0 Å². The first-order chi connectivity index (χ1) is 8.34. The van der Waals surface area contributed by atoms with Gasteiger partial charge in [0.25, 0.3) is 0 Å². The van der Waals surface area contributed by atoms with Crippen molar-refractivity contribution in [3.05, 3.63) is 0 Å². The molecule has 3 heteroatoms. The SMILES string of the molecule is FCCN1CC(C2CC2)NCC12CCCCC2. The molecule has 0 aromatic heterocycles. The number of nitrogens with one attached hydrogen (secondary N) is 1. The third-order valence-electron chi connectivity index (χ3n) is 5.11. The van der Waals surface area contributed by atoms with Gasteiger partial charge in [-0.05, 0) is 31.6 Å². The summed E-state index contributed by atoms with van der Waals surface area (Å²) < 4.78 is 12.8. The highest BCUT2D eigenvalue weighted by molar-refractivity contribution is 5.03. The van der Waals surface area contributed by atoms with E-state index < -0.39 is 0 Å². The number of hydrogen-bond acceptors (Lipinski definition) is 2. The average molecular weight is 240 g/mol. The lowest BCUT2D eigenvalue weighted by Crippen LogP contribution is -2.66. The summed E-state index contributed by atoms with van der Waals surface area (Å²) in [6, 6.07) is 0.647. The van der Waals surface area contributed by atoms with Crippen LogP contribution in [0.25, 0.3) is 0 Å². The maximum absolute atomic E-state index is 12.8. The summed E-state index contributed by atoms with van der Waals surface area (Å²) in [6.45, 7) is 2.67. The number of alkyl halides is 1. The van der Waals surface area contributed by atoms with Gasteiger partial charge in [-0.2, -0.15) is 0 Å². The first-order valence-electron chi connectivity index (χ1n) is 7.38. The van der Waals surface area contributed by atoms with Crippen LogP contribution < -0.4 is 5.32 Å². The van der Waals surface area contributed by atoms with E-state index in [1.807, 2.05) is 0 Å². The van der Waals surface area contributed by atoms with Crippen molar-refractivity contribution in [2.45, 2.75) is 56.5 Å². The van der Waals surface area contributed by atoms with Crippen molar-refractivity contribution in [3.63, 3.8) is 0 Å². The standard InChI is InChI=1S/C14H25FN2/c15-8-9-17-10-13(12-4-5-12)16-11-14(17)6-2-1-3-7-14/h12-13,16H,1-11H2. The van der Waals surface area contributed by atoms with Crippen LogP contribution in [0, 0.1) is 5.92 Å². The molecule has 1 spiro atoms. The van der Waals surface area contributed by atoms with Crippen LogP contribution in [0.1, 0.15) is 44.9 Å². The molecule has 1 saturated heterocycles. The molecule has 1 atom stereocenters. The Bertz CT molecular complexity index is 259. The van der Waals surface area contributed by atoms with Gasteiger partial charge in [-0.25, -0.2) is 4.39 Å². The number of hydrogen-bond donors (Lipinski definition) is 1. The van der Waals surface area contributed by atoms with Crippen molar-refractivity contribution < 1.29 is 4.39 Å². The molecule has 1 unspecified atom stereocenters. The van der Waals surface area contributed by atoms with E-state index in [0.717, 1.165) is 19.0 Å². The first kappa shape index (κ1) is 11.9. The highest BCUT2D eigenvalue weighted by Crippen LogP contribution is 2.40. The van der Waals surface area contributed by atoms with E-state index in [9.17, 15) is 4.39 Å². The first-order valence-corrected chi connectivity index (χ1v) is 7.38. The van der Waals surface area contributed by atoms with Crippen molar-refractivity contribution in [2.24, 2.45) is 5.92 Å². The molecule has 0 bridgehead atoms. The second-order valence-corrected chi connectivity index (χ2v) is 6.24. The van der Waals surface area contributed by atoms with Crippen LogP contribution in [0.3, 0.4) is 0 Å². The van der Waals surface area contributed by atoms with Gasteiger partial charge in [-0.1, -0.05) is 19.3 Å². The molecular weight excluding hydrogens is 215 g/mol. The Labute approximate surface area is 104 Å². The molecule has 17 heavy (non-hydrogen) atoms. The van der Waals surface area contributed by atoms with Crippen LogP contribution in [0.5, 0.6) is 0 Å². The maximum atomic E-state index is 12.8. The fourth-order valence-corrected chi connectivity index (χ4v) is 3.88. The number of halogens is 1. The average Bonchev–Trinajstić information content (AvgIpc) is 3.18. The van der Waals surface area contributed by atoms with E-state index >= 15 is 0 Å². The molecule has 3 aliphatic rings. The second-order valence-electron chi connectivity index (χ2n) is 6.24. The molecule has 0 aromatic rings. The molecule has 0 radical (unpaired) electrons. The zero-order chi connectivity index (χ0) is 11.7. The normalized spacial score (nSPS) is 34.1. The van der Waals surface area contributed by atoms with E-state index in [-0.39, 0.29) is 6.67 Å². The number of nitrogens with zero attached hydrogens (tertiary/aromatic N) is 1. The quantitative estimate of drug-likeness (QED) is 0.814. The minimum atomic E-state index is -0.181. The highest BCUT2D eigenvalue weighted by Gasteiger charge is 2.45. The molecule has 3 fully saturated rings. The van der Waals surface area contributed by atoms with E-state index in [4.69, 9.17) is 0 Å². The summed E-state index contributed by atoms with van der Waals surface area (Å²) in [4.78, 5) is 2.49. The van der Waals surface area contributed by atoms with Crippen molar-refractivity contribution in [3.8, 4) is 0 Å². The van der Waals surface area contributed by atoms with Crippen LogP contribution in [0.4, 0.5) is 4.39 Å². The highest BCUT2D eigenvalue weighted by atomic mass is 19.1. The summed E-state index contributed by atoms with van der Waals surface area (Å²) in [6.07, 6.45) is 9.35. The zero-order valence-corrected chi connectivity index (χ0v) is 10.8. The Morgan fingerprint density at radius 2 is 1.94 bits per heavy atom. The molecule has 1 N–H and O–H groups in total. The van der Waals surface area contributed by atoms with Gasteiger partial charge in [0.1, 0.15) is 6.67 Å². The molecule has 98 valence electrons. The summed E-state index contributed by atoms with van der Waals surface area (Å²) in [5, 5.41) is 3.77. The zero-order valence-electron chi connectivity index (χ0n) is 10.8. The van der Waals surface area contributed by atoms with Crippen LogP contribution in [-0.2, 0) is 0 Å². The Hall–Kier alpha value is -0.150. The fourth-order valence-electron chi connectivity index (χ4n) is 3.88. The molecular formula is C14H25FN2. The fraction of sp³-hybridized carbons (Fsp3) is 1.00. The van der Waals surface area contributed by atoms with Crippen molar-refractivity contribution >= 4 is 0 Å². The number of piperazine rings is 1. The molecule has 0 aromatic carbocycles. The summed E-state index contributed by atoms with van der Waals surface area (Å²) in [7, 11) is 0. The minimum Gasteiger partial charge on any atom is -0.311 e. The van der Waals surface area contributed by atoms with Gasteiger partial charge in [0.15, 0.2) is 0 Å². The lowest BCUT2D eigenvalue weighted by atomic mass is 9.78. The summed E-state index contributed by atoms with van der Waals surface area (Å²) >= 11 is 0. The van der Waals surface area contributed by atoms with Gasteiger partial charge in [0.2, 0.25) is 0 Å². The van der Waals surface area contributed by atoms with Crippen molar-refractivity contribution in [1.29, 1.82) is 0 Å². The predicted octanol–water partition coefficient (Wildman–Crippen LogP) is 2.34. The maximum Gasteiger partial charge on any atom is 0.102 e. The van der Waals surface area contributed by atoms with Gasteiger partial charge in [-0.15, -0.1) is 0 Å². The lowest BCUT2D eigenvalue weighted by molar-refractivity contribution is 0.00264. The Balaban J connectivity index is 1.69. The van der Waals surface area contributed by atoms with Gasteiger partial charge in [0, 0.05) is 31.2 Å².